The molecule has 2 rings (SSSR count). The van der Waals surface area contributed by atoms with Crippen molar-refractivity contribution >= 4 is 11.9 Å². The Morgan fingerprint density at radius 1 is 1.43 bits per heavy atom. The number of benzene rings is 1. The number of ether oxygens (including phenoxy) is 1. The Labute approximate surface area is 122 Å². The van der Waals surface area contributed by atoms with Gasteiger partial charge in [-0.25, -0.2) is 0 Å². The number of aromatic amines is 1. The van der Waals surface area contributed by atoms with Gasteiger partial charge in [0.1, 0.15) is 11.6 Å². The van der Waals surface area contributed by atoms with Crippen LogP contribution < -0.4 is 15.8 Å². The van der Waals surface area contributed by atoms with Crippen molar-refractivity contribution in [3.05, 3.63) is 35.7 Å². The Morgan fingerprint density at radius 2 is 2.24 bits per heavy atom. The molecule has 7 heteroatoms. The number of nitrogens with two attached hydrogens (primary N) is 1. The molecule has 1 aromatic carbocycles. The molecule has 0 aliphatic rings. The Balaban J connectivity index is 1.63. The first-order valence-electron chi connectivity index (χ1n) is 6.77. The average Bonchev–Trinajstić information content (AvgIpc) is 2.87. The Kier molecular flexibility index (Phi) is 5.14. The molecule has 0 aliphatic carbocycles. The number of hydrogen-bond donors (Lipinski definition) is 3. The largest absolute Gasteiger partial charge is 0.493 e. The van der Waals surface area contributed by atoms with Crippen LogP contribution in [-0.2, 0) is 11.2 Å². The Hall–Kier alpha value is -2.57. The lowest BCUT2D eigenvalue weighted by molar-refractivity contribution is -0.121. The Bertz CT molecular complexity index is 597. The fourth-order valence-corrected chi connectivity index (χ4v) is 1.80. The van der Waals surface area contributed by atoms with E-state index in [2.05, 4.69) is 20.5 Å². The quantitative estimate of drug-likeness (QED) is 0.700. The maximum Gasteiger partial charge on any atom is 0.239 e. The molecule has 0 fully saturated rings. The van der Waals surface area contributed by atoms with Gasteiger partial charge in [-0.15, -0.1) is 5.10 Å². The zero-order valence-electron chi connectivity index (χ0n) is 11.9. The van der Waals surface area contributed by atoms with Gasteiger partial charge in [0.25, 0.3) is 0 Å². The first kappa shape index (κ1) is 14.8. The molecule has 2 aromatic rings. The van der Waals surface area contributed by atoms with Crippen molar-refractivity contribution in [2.45, 2.75) is 19.8 Å². The highest BCUT2D eigenvalue weighted by Crippen LogP contribution is 2.15. The summed E-state index contributed by atoms with van der Waals surface area (Å²) in [5, 5.41) is 9.20. The average molecular weight is 289 g/mol. The van der Waals surface area contributed by atoms with E-state index >= 15 is 0 Å². The number of H-pyrrole nitrogens is 1. The van der Waals surface area contributed by atoms with E-state index in [1.165, 1.54) is 0 Å². The first-order valence-corrected chi connectivity index (χ1v) is 6.77. The third-order valence-electron chi connectivity index (χ3n) is 2.91. The van der Waals surface area contributed by atoms with Crippen molar-refractivity contribution in [1.82, 2.24) is 20.5 Å². The molecule has 1 heterocycles. The maximum absolute atomic E-state index is 11.7. The van der Waals surface area contributed by atoms with Crippen LogP contribution in [-0.4, -0.2) is 34.2 Å². The van der Waals surface area contributed by atoms with Gasteiger partial charge in [-0.1, -0.05) is 18.2 Å². The number of nitrogens with one attached hydrogen (secondary N) is 2. The zero-order valence-corrected chi connectivity index (χ0v) is 11.9. The molecule has 0 radical (unpaired) electrons. The predicted molar refractivity (Wildman–Crippen MR) is 78.8 cm³/mol. The SMILES string of the molecule is Cc1ccccc1OCCC(=O)NCCc1nc(N)n[nH]1. The number of nitrogen functional groups attached to an aromatic ring is 1. The Morgan fingerprint density at radius 3 is 2.95 bits per heavy atom. The highest BCUT2D eigenvalue weighted by atomic mass is 16.5. The second-order valence-electron chi connectivity index (χ2n) is 4.60. The van der Waals surface area contributed by atoms with Crippen LogP contribution in [0.25, 0.3) is 0 Å². The fraction of sp³-hybridized carbons (Fsp3) is 0.357. The van der Waals surface area contributed by atoms with E-state index in [0.29, 0.717) is 31.8 Å². The smallest absolute Gasteiger partial charge is 0.239 e. The van der Waals surface area contributed by atoms with E-state index in [1.807, 2.05) is 31.2 Å². The predicted octanol–water partition coefficient (Wildman–Crippen LogP) is 0.823. The lowest BCUT2D eigenvalue weighted by Gasteiger charge is -2.08. The van der Waals surface area contributed by atoms with Gasteiger partial charge in [0.15, 0.2) is 0 Å². The summed E-state index contributed by atoms with van der Waals surface area (Å²) in [7, 11) is 0. The monoisotopic (exact) mass is 289 g/mol. The van der Waals surface area contributed by atoms with Gasteiger partial charge in [0.2, 0.25) is 11.9 Å². The van der Waals surface area contributed by atoms with Crippen LogP contribution in [0.3, 0.4) is 0 Å². The number of aromatic nitrogens is 3. The summed E-state index contributed by atoms with van der Waals surface area (Å²) >= 11 is 0. The minimum atomic E-state index is -0.0592. The third-order valence-corrected chi connectivity index (χ3v) is 2.91. The van der Waals surface area contributed by atoms with E-state index < -0.39 is 0 Å². The number of carbonyl (C=O) groups is 1. The van der Waals surface area contributed by atoms with Crippen LogP contribution in [0.15, 0.2) is 24.3 Å². The van der Waals surface area contributed by atoms with Crippen LogP contribution in [0.4, 0.5) is 5.95 Å². The summed E-state index contributed by atoms with van der Waals surface area (Å²) in [4.78, 5) is 15.6. The van der Waals surface area contributed by atoms with Gasteiger partial charge in [-0.3, -0.25) is 9.89 Å². The van der Waals surface area contributed by atoms with Crippen LogP contribution in [0.5, 0.6) is 5.75 Å². The van der Waals surface area contributed by atoms with Crippen LogP contribution in [0.1, 0.15) is 17.8 Å². The van der Waals surface area contributed by atoms with Crippen LogP contribution in [0.2, 0.25) is 0 Å². The highest BCUT2D eigenvalue weighted by Gasteiger charge is 2.04. The summed E-state index contributed by atoms with van der Waals surface area (Å²) < 4.78 is 5.57. The van der Waals surface area contributed by atoms with Crippen molar-refractivity contribution in [2.75, 3.05) is 18.9 Å². The molecule has 0 unspecified atom stereocenters. The van der Waals surface area contributed by atoms with E-state index in [1.54, 1.807) is 0 Å². The van der Waals surface area contributed by atoms with E-state index in [-0.39, 0.29) is 11.9 Å². The molecule has 4 N–H and O–H groups in total. The molecule has 0 atom stereocenters. The van der Waals surface area contributed by atoms with Gasteiger partial charge >= 0.3 is 0 Å². The second kappa shape index (κ2) is 7.28. The normalized spacial score (nSPS) is 10.3. The first-order chi connectivity index (χ1) is 10.1. The minimum Gasteiger partial charge on any atom is -0.493 e. The van der Waals surface area contributed by atoms with Crippen molar-refractivity contribution in [2.24, 2.45) is 0 Å². The van der Waals surface area contributed by atoms with Gasteiger partial charge in [-0.05, 0) is 18.6 Å². The molecular formula is C14H19N5O2. The summed E-state index contributed by atoms with van der Waals surface area (Å²) in [6.45, 7) is 2.81. The second-order valence-corrected chi connectivity index (χ2v) is 4.60. The van der Waals surface area contributed by atoms with E-state index in [4.69, 9.17) is 10.5 Å². The number of aryl methyl sites for hydroxylation is 1. The van der Waals surface area contributed by atoms with Crippen LogP contribution in [0, 0.1) is 6.92 Å². The standard InChI is InChI=1S/C14H19N5O2/c1-10-4-2-3-5-11(10)21-9-7-13(20)16-8-6-12-17-14(15)19-18-12/h2-5H,6-9H2,1H3,(H,16,20)(H3,15,17,18,19). The van der Waals surface area contributed by atoms with Crippen molar-refractivity contribution < 1.29 is 9.53 Å². The number of para-hydroxylation sites is 1. The fourth-order valence-electron chi connectivity index (χ4n) is 1.80. The zero-order chi connectivity index (χ0) is 15.1. The molecule has 21 heavy (non-hydrogen) atoms. The topological polar surface area (TPSA) is 106 Å². The van der Waals surface area contributed by atoms with Crippen LogP contribution >= 0.6 is 0 Å². The molecule has 1 amide bonds. The van der Waals surface area contributed by atoms with Crippen molar-refractivity contribution in [3.63, 3.8) is 0 Å². The molecule has 1 aromatic heterocycles. The number of anilines is 1. The number of hydrogen-bond acceptors (Lipinski definition) is 5. The lowest BCUT2D eigenvalue weighted by atomic mass is 10.2. The number of rotatable bonds is 7. The number of carbonyl (C=O) groups excluding carboxylic acids is 1. The number of nitrogens with zero attached hydrogens (tertiary/aromatic N) is 2. The third kappa shape index (κ3) is 4.79. The molecular weight excluding hydrogens is 270 g/mol. The van der Waals surface area contributed by atoms with Gasteiger partial charge in [-0.2, -0.15) is 4.98 Å². The summed E-state index contributed by atoms with van der Waals surface area (Å²) in [5.41, 5.74) is 6.44. The molecule has 0 saturated carbocycles. The highest BCUT2D eigenvalue weighted by molar-refractivity contribution is 5.75. The summed E-state index contributed by atoms with van der Waals surface area (Å²) in [5.74, 6) is 1.62. The van der Waals surface area contributed by atoms with E-state index in [9.17, 15) is 4.79 Å². The molecule has 112 valence electrons. The molecule has 0 aliphatic heterocycles. The lowest BCUT2D eigenvalue weighted by Crippen LogP contribution is -2.27. The minimum absolute atomic E-state index is 0.0592. The summed E-state index contributed by atoms with van der Waals surface area (Å²) in [6.07, 6.45) is 0.876. The molecule has 0 saturated heterocycles. The van der Waals surface area contributed by atoms with Crippen molar-refractivity contribution in [1.29, 1.82) is 0 Å². The maximum atomic E-state index is 11.7. The molecule has 7 nitrogen and oxygen atoms in total. The van der Waals surface area contributed by atoms with Crippen molar-refractivity contribution in [3.8, 4) is 5.75 Å². The van der Waals surface area contributed by atoms with E-state index in [0.717, 1.165) is 11.3 Å². The van der Waals surface area contributed by atoms with Gasteiger partial charge < -0.3 is 15.8 Å². The van der Waals surface area contributed by atoms with Gasteiger partial charge in [0, 0.05) is 13.0 Å². The summed E-state index contributed by atoms with van der Waals surface area (Å²) in [6, 6.07) is 7.72. The molecule has 0 spiro atoms. The number of amides is 1. The van der Waals surface area contributed by atoms with Gasteiger partial charge in [0.05, 0.1) is 13.0 Å². The molecule has 0 bridgehead atoms.